The zero-order chi connectivity index (χ0) is 17.7. The van der Waals surface area contributed by atoms with Crippen LogP contribution in [0.15, 0.2) is 24.3 Å². The van der Waals surface area contributed by atoms with Gasteiger partial charge in [-0.2, -0.15) is 0 Å². The smallest absolute Gasteiger partial charge is 0.254 e. The number of benzene rings is 1. The average Bonchev–Trinajstić information content (AvgIpc) is 2.89. The van der Waals surface area contributed by atoms with Crippen molar-refractivity contribution >= 4 is 30.7 Å². The Hall–Kier alpha value is -0.920. The standard InChI is InChI=1S/C19H28FN3O2.2ClH/c1-25-19(7-9-21-10-8-19)18(24)23-12-2-11-22(13-14-23)15-16-3-5-17(20)6-4-16;;/h3-6,21H,2,7-15H2,1H3;2*1H. The van der Waals surface area contributed by atoms with E-state index in [1.54, 1.807) is 7.11 Å². The van der Waals surface area contributed by atoms with Gasteiger partial charge in [-0.25, -0.2) is 4.39 Å². The molecule has 0 saturated carbocycles. The third-order valence-electron chi connectivity index (χ3n) is 5.39. The molecule has 2 fully saturated rings. The molecule has 0 atom stereocenters. The van der Waals surface area contributed by atoms with Crippen LogP contribution in [0, 0.1) is 5.82 Å². The van der Waals surface area contributed by atoms with Gasteiger partial charge in [0.25, 0.3) is 5.91 Å². The number of methoxy groups -OCH3 is 1. The molecule has 0 radical (unpaired) electrons. The zero-order valence-corrected chi connectivity index (χ0v) is 17.4. The Balaban J connectivity index is 0.00000182. The van der Waals surface area contributed by atoms with E-state index in [0.717, 1.165) is 70.6 Å². The van der Waals surface area contributed by atoms with Gasteiger partial charge < -0.3 is 15.0 Å². The highest BCUT2D eigenvalue weighted by atomic mass is 35.5. The summed E-state index contributed by atoms with van der Waals surface area (Å²) < 4.78 is 18.7. The molecule has 3 rings (SSSR count). The Morgan fingerprint density at radius 1 is 1.11 bits per heavy atom. The van der Waals surface area contributed by atoms with Crippen molar-refractivity contribution in [1.82, 2.24) is 15.1 Å². The average molecular weight is 422 g/mol. The first kappa shape index (κ1) is 24.1. The van der Waals surface area contributed by atoms with E-state index >= 15 is 0 Å². The summed E-state index contributed by atoms with van der Waals surface area (Å²) in [4.78, 5) is 17.4. The molecule has 1 N–H and O–H groups in total. The lowest BCUT2D eigenvalue weighted by atomic mass is 9.90. The summed E-state index contributed by atoms with van der Waals surface area (Å²) in [7, 11) is 1.65. The van der Waals surface area contributed by atoms with Crippen LogP contribution >= 0.6 is 24.8 Å². The molecule has 2 aliphatic rings. The van der Waals surface area contributed by atoms with Gasteiger partial charge in [-0.05, 0) is 50.0 Å². The first-order chi connectivity index (χ1) is 12.1. The number of nitrogens with zero attached hydrogens (tertiary/aromatic N) is 2. The molecule has 0 bridgehead atoms. The van der Waals surface area contributed by atoms with Crippen molar-refractivity contribution in [3.63, 3.8) is 0 Å². The van der Waals surface area contributed by atoms with Crippen molar-refractivity contribution in [2.24, 2.45) is 0 Å². The molecule has 1 aromatic rings. The van der Waals surface area contributed by atoms with Crippen LogP contribution in [0.3, 0.4) is 0 Å². The summed E-state index contributed by atoms with van der Waals surface area (Å²) in [5.74, 6) is -0.0663. The van der Waals surface area contributed by atoms with E-state index in [9.17, 15) is 9.18 Å². The highest BCUT2D eigenvalue weighted by molar-refractivity contribution is 5.86. The second-order valence-corrected chi connectivity index (χ2v) is 7.00. The summed E-state index contributed by atoms with van der Waals surface area (Å²) in [5.41, 5.74) is 0.449. The molecular formula is C19H30Cl2FN3O2. The number of carbonyl (C=O) groups excluding carboxylic acids is 1. The highest BCUT2D eigenvalue weighted by Crippen LogP contribution is 2.26. The van der Waals surface area contributed by atoms with Gasteiger partial charge in [0, 0.05) is 39.8 Å². The van der Waals surface area contributed by atoms with Crippen LogP contribution in [0.25, 0.3) is 0 Å². The second-order valence-electron chi connectivity index (χ2n) is 7.00. The van der Waals surface area contributed by atoms with Crippen LogP contribution in [-0.2, 0) is 16.1 Å². The quantitative estimate of drug-likeness (QED) is 0.810. The minimum Gasteiger partial charge on any atom is -0.368 e. The first-order valence-electron chi connectivity index (χ1n) is 9.15. The van der Waals surface area contributed by atoms with E-state index < -0.39 is 5.60 Å². The summed E-state index contributed by atoms with van der Waals surface area (Å²) in [6.07, 6.45) is 2.42. The number of hydrogen-bond acceptors (Lipinski definition) is 4. The number of rotatable bonds is 4. The SMILES string of the molecule is COC1(C(=O)N2CCCN(Cc3ccc(F)cc3)CC2)CCNCC1.Cl.Cl. The van der Waals surface area contributed by atoms with E-state index in [1.165, 1.54) is 12.1 Å². The molecule has 2 saturated heterocycles. The number of piperidine rings is 1. The number of amides is 1. The molecular weight excluding hydrogens is 392 g/mol. The van der Waals surface area contributed by atoms with Crippen molar-refractivity contribution in [2.45, 2.75) is 31.4 Å². The molecule has 5 nitrogen and oxygen atoms in total. The van der Waals surface area contributed by atoms with Crippen LogP contribution in [0.1, 0.15) is 24.8 Å². The van der Waals surface area contributed by atoms with Crippen molar-refractivity contribution in [1.29, 1.82) is 0 Å². The number of hydrogen-bond donors (Lipinski definition) is 1. The van der Waals surface area contributed by atoms with Crippen LogP contribution in [0.2, 0.25) is 0 Å². The molecule has 1 aromatic carbocycles. The number of ether oxygens (including phenoxy) is 1. The van der Waals surface area contributed by atoms with E-state index in [4.69, 9.17) is 4.74 Å². The topological polar surface area (TPSA) is 44.8 Å². The van der Waals surface area contributed by atoms with Crippen LogP contribution in [0.4, 0.5) is 4.39 Å². The van der Waals surface area contributed by atoms with E-state index in [-0.39, 0.29) is 36.5 Å². The number of halogens is 3. The molecule has 0 aliphatic carbocycles. The van der Waals surface area contributed by atoms with Gasteiger partial charge in [-0.3, -0.25) is 9.69 Å². The van der Waals surface area contributed by atoms with Gasteiger partial charge in [-0.1, -0.05) is 12.1 Å². The third kappa shape index (κ3) is 6.03. The predicted octanol–water partition coefficient (Wildman–Crippen LogP) is 2.47. The molecule has 2 heterocycles. The van der Waals surface area contributed by atoms with Crippen molar-refractivity contribution in [3.05, 3.63) is 35.6 Å². The van der Waals surface area contributed by atoms with Gasteiger partial charge >= 0.3 is 0 Å². The summed E-state index contributed by atoms with van der Waals surface area (Å²) in [6, 6.07) is 6.67. The molecule has 0 spiro atoms. The van der Waals surface area contributed by atoms with Crippen molar-refractivity contribution < 1.29 is 13.9 Å². The molecule has 0 unspecified atom stereocenters. The minimum atomic E-state index is -0.655. The van der Waals surface area contributed by atoms with Gasteiger partial charge in [0.15, 0.2) is 0 Å². The van der Waals surface area contributed by atoms with Gasteiger partial charge in [0.2, 0.25) is 0 Å². The maximum atomic E-state index is 13.1. The van der Waals surface area contributed by atoms with Crippen LogP contribution < -0.4 is 5.32 Å². The van der Waals surface area contributed by atoms with Gasteiger partial charge in [0.05, 0.1) is 0 Å². The normalized spacial score (nSPS) is 20.1. The predicted molar refractivity (Wildman–Crippen MR) is 109 cm³/mol. The fraction of sp³-hybridized carbons (Fsp3) is 0.632. The maximum absolute atomic E-state index is 13.1. The Morgan fingerprint density at radius 2 is 1.78 bits per heavy atom. The zero-order valence-electron chi connectivity index (χ0n) is 15.8. The molecule has 8 heteroatoms. The Bertz CT molecular complexity index is 583. The van der Waals surface area contributed by atoms with Crippen LogP contribution in [0.5, 0.6) is 0 Å². The molecule has 0 aromatic heterocycles. The minimum absolute atomic E-state index is 0. The second kappa shape index (κ2) is 11.2. The lowest BCUT2D eigenvalue weighted by molar-refractivity contribution is -0.158. The largest absolute Gasteiger partial charge is 0.368 e. The molecule has 1 amide bonds. The summed E-state index contributed by atoms with van der Waals surface area (Å²) in [5, 5.41) is 3.30. The Morgan fingerprint density at radius 3 is 2.41 bits per heavy atom. The van der Waals surface area contributed by atoms with Gasteiger partial charge in [0.1, 0.15) is 11.4 Å². The molecule has 154 valence electrons. The number of carbonyl (C=O) groups is 1. The van der Waals surface area contributed by atoms with Crippen LogP contribution in [-0.4, -0.2) is 67.7 Å². The van der Waals surface area contributed by atoms with Crippen molar-refractivity contribution in [3.8, 4) is 0 Å². The lowest BCUT2D eigenvalue weighted by Gasteiger charge is -2.38. The van der Waals surface area contributed by atoms with E-state index in [1.807, 2.05) is 17.0 Å². The fourth-order valence-corrected chi connectivity index (χ4v) is 3.80. The maximum Gasteiger partial charge on any atom is 0.254 e. The summed E-state index contributed by atoms with van der Waals surface area (Å²) in [6.45, 7) is 5.72. The lowest BCUT2D eigenvalue weighted by Crippen LogP contribution is -2.55. The van der Waals surface area contributed by atoms with E-state index in [0.29, 0.717) is 0 Å². The summed E-state index contributed by atoms with van der Waals surface area (Å²) >= 11 is 0. The van der Waals surface area contributed by atoms with Crippen molar-refractivity contribution in [2.75, 3.05) is 46.4 Å². The molecule has 27 heavy (non-hydrogen) atoms. The molecule has 2 aliphatic heterocycles. The third-order valence-corrected chi connectivity index (χ3v) is 5.39. The fourth-order valence-electron chi connectivity index (χ4n) is 3.80. The Labute approximate surface area is 173 Å². The van der Waals surface area contributed by atoms with Gasteiger partial charge in [-0.15, -0.1) is 24.8 Å². The number of nitrogens with one attached hydrogen (secondary N) is 1. The Kier molecular flexibility index (Phi) is 9.98. The monoisotopic (exact) mass is 421 g/mol. The van der Waals surface area contributed by atoms with E-state index in [2.05, 4.69) is 10.2 Å². The highest BCUT2D eigenvalue weighted by Gasteiger charge is 2.42. The first-order valence-corrected chi connectivity index (χ1v) is 9.15.